The Morgan fingerprint density at radius 2 is 2.06 bits per heavy atom. The summed E-state index contributed by atoms with van der Waals surface area (Å²) in [5.41, 5.74) is 0.759. The Bertz CT molecular complexity index is 505. The predicted octanol–water partition coefficient (Wildman–Crippen LogP) is 2.65. The number of aryl methyl sites for hydroxylation is 1. The molecule has 0 spiro atoms. The van der Waals surface area contributed by atoms with Gasteiger partial charge in [-0.2, -0.15) is 0 Å². The molecule has 0 radical (unpaired) electrons. The highest BCUT2D eigenvalue weighted by molar-refractivity contribution is 5.84. The number of aliphatic hydroxyl groups excluding tert-OH is 1. The number of rotatable bonds is 3. The Balaban J connectivity index is 2.60. The second-order valence-electron chi connectivity index (χ2n) is 3.84. The highest BCUT2D eigenvalue weighted by Gasteiger charge is 2.32. The lowest BCUT2D eigenvalue weighted by Crippen LogP contribution is -2.15. The fraction of sp³-hybridized carbons (Fsp3) is 0.333. The van der Waals surface area contributed by atoms with Crippen LogP contribution in [0.4, 0.5) is 8.78 Å². The van der Waals surface area contributed by atoms with E-state index in [1.807, 2.05) is 7.05 Å². The summed E-state index contributed by atoms with van der Waals surface area (Å²) in [7, 11) is 1.82. The third-order valence-electron chi connectivity index (χ3n) is 2.75. The van der Waals surface area contributed by atoms with E-state index in [2.05, 4.69) is 0 Å². The van der Waals surface area contributed by atoms with Crippen LogP contribution in [-0.2, 0) is 13.0 Å². The standard InChI is InChI=1S/C12H13F2NO/c1-15-7-5-9-10(3-2-4-11(9)15)12(13,14)6-8-16/h2-5,7,16H,6,8H2,1H3. The topological polar surface area (TPSA) is 25.2 Å². The second kappa shape index (κ2) is 3.87. The van der Waals surface area contributed by atoms with Gasteiger partial charge in [0.2, 0.25) is 0 Å². The molecule has 0 aliphatic heterocycles. The van der Waals surface area contributed by atoms with E-state index in [0.717, 1.165) is 5.52 Å². The molecule has 0 aliphatic carbocycles. The fourth-order valence-corrected chi connectivity index (χ4v) is 1.90. The van der Waals surface area contributed by atoms with Crippen LogP contribution >= 0.6 is 0 Å². The largest absolute Gasteiger partial charge is 0.396 e. The van der Waals surface area contributed by atoms with E-state index < -0.39 is 19.0 Å². The fourth-order valence-electron chi connectivity index (χ4n) is 1.90. The minimum atomic E-state index is -2.98. The molecule has 0 aliphatic rings. The van der Waals surface area contributed by atoms with Crippen molar-refractivity contribution in [1.82, 2.24) is 4.57 Å². The van der Waals surface area contributed by atoms with Crippen molar-refractivity contribution in [2.24, 2.45) is 7.05 Å². The van der Waals surface area contributed by atoms with Crippen LogP contribution in [0, 0.1) is 0 Å². The number of hydrogen-bond donors (Lipinski definition) is 1. The van der Waals surface area contributed by atoms with Gasteiger partial charge in [-0.1, -0.05) is 12.1 Å². The summed E-state index contributed by atoms with van der Waals surface area (Å²) in [4.78, 5) is 0. The minimum Gasteiger partial charge on any atom is -0.396 e. The average Bonchev–Trinajstić information content (AvgIpc) is 2.60. The highest BCUT2D eigenvalue weighted by atomic mass is 19.3. The smallest absolute Gasteiger partial charge is 0.276 e. The van der Waals surface area contributed by atoms with Crippen molar-refractivity contribution in [2.45, 2.75) is 12.3 Å². The highest BCUT2D eigenvalue weighted by Crippen LogP contribution is 2.36. The number of aliphatic hydroxyl groups is 1. The Morgan fingerprint density at radius 1 is 1.31 bits per heavy atom. The van der Waals surface area contributed by atoms with Gasteiger partial charge in [-0.25, -0.2) is 8.78 Å². The van der Waals surface area contributed by atoms with Gasteiger partial charge in [0.1, 0.15) is 0 Å². The summed E-state index contributed by atoms with van der Waals surface area (Å²) >= 11 is 0. The van der Waals surface area contributed by atoms with Crippen molar-refractivity contribution in [2.75, 3.05) is 6.61 Å². The van der Waals surface area contributed by atoms with Gasteiger partial charge in [0.15, 0.2) is 0 Å². The van der Waals surface area contributed by atoms with Gasteiger partial charge in [0, 0.05) is 42.7 Å². The summed E-state index contributed by atoms with van der Waals surface area (Å²) < 4.78 is 29.3. The Hall–Kier alpha value is -1.42. The van der Waals surface area contributed by atoms with Gasteiger partial charge in [0.05, 0.1) is 0 Å². The number of hydrogen-bond acceptors (Lipinski definition) is 1. The summed E-state index contributed by atoms with van der Waals surface area (Å²) in [6.45, 7) is -0.518. The molecule has 0 amide bonds. The molecule has 4 heteroatoms. The van der Waals surface area contributed by atoms with E-state index in [-0.39, 0.29) is 5.56 Å². The van der Waals surface area contributed by atoms with Crippen molar-refractivity contribution in [3.63, 3.8) is 0 Å². The summed E-state index contributed by atoms with van der Waals surface area (Å²) in [5, 5.41) is 9.20. The molecule has 2 nitrogen and oxygen atoms in total. The van der Waals surface area contributed by atoms with Crippen molar-refractivity contribution in [3.05, 3.63) is 36.0 Å². The lowest BCUT2D eigenvalue weighted by Gasteiger charge is -2.16. The molecule has 86 valence electrons. The van der Waals surface area contributed by atoms with Crippen molar-refractivity contribution < 1.29 is 13.9 Å². The van der Waals surface area contributed by atoms with Gasteiger partial charge in [0.25, 0.3) is 5.92 Å². The summed E-state index contributed by atoms with van der Waals surface area (Å²) in [6.07, 6.45) is 1.21. The first-order valence-electron chi connectivity index (χ1n) is 5.09. The van der Waals surface area contributed by atoms with E-state index in [1.165, 1.54) is 6.07 Å². The molecule has 0 fully saturated rings. The van der Waals surface area contributed by atoms with Gasteiger partial charge >= 0.3 is 0 Å². The molecule has 0 atom stereocenters. The van der Waals surface area contributed by atoms with E-state index in [4.69, 9.17) is 5.11 Å². The number of halogens is 2. The molecule has 0 saturated carbocycles. The van der Waals surface area contributed by atoms with E-state index in [1.54, 1.807) is 29.0 Å². The van der Waals surface area contributed by atoms with Gasteiger partial charge in [-0.15, -0.1) is 0 Å². The van der Waals surface area contributed by atoms with Crippen LogP contribution in [0.3, 0.4) is 0 Å². The monoisotopic (exact) mass is 225 g/mol. The zero-order chi connectivity index (χ0) is 11.8. The van der Waals surface area contributed by atoms with Crippen LogP contribution in [0.15, 0.2) is 30.5 Å². The van der Waals surface area contributed by atoms with E-state index in [9.17, 15) is 8.78 Å². The first-order valence-corrected chi connectivity index (χ1v) is 5.09. The molecule has 0 unspecified atom stereocenters. The Morgan fingerprint density at radius 3 is 2.75 bits per heavy atom. The van der Waals surface area contributed by atoms with Gasteiger partial charge < -0.3 is 9.67 Å². The molecule has 0 saturated heterocycles. The molecule has 1 aromatic heterocycles. The minimum absolute atomic E-state index is 0.0142. The number of fused-ring (bicyclic) bond motifs is 1. The molecular weight excluding hydrogens is 212 g/mol. The van der Waals surface area contributed by atoms with Crippen molar-refractivity contribution in [1.29, 1.82) is 0 Å². The number of nitrogens with zero attached hydrogens (tertiary/aromatic N) is 1. The van der Waals surface area contributed by atoms with Crippen LogP contribution in [0.1, 0.15) is 12.0 Å². The normalized spacial score (nSPS) is 12.2. The maximum Gasteiger partial charge on any atom is 0.276 e. The van der Waals surface area contributed by atoms with Crippen molar-refractivity contribution in [3.8, 4) is 0 Å². The number of aromatic nitrogens is 1. The second-order valence-corrected chi connectivity index (χ2v) is 3.84. The molecular formula is C12H13F2NO. The third kappa shape index (κ3) is 1.69. The molecule has 2 aromatic rings. The average molecular weight is 225 g/mol. The Labute approximate surface area is 92.1 Å². The molecule has 1 N–H and O–H groups in total. The molecule has 0 bridgehead atoms. The zero-order valence-corrected chi connectivity index (χ0v) is 8.95. The molecule has 16 heavy (non-hydrogen) atoms. The first kappa shape index (κ1) is 11.1. The lowest BCUT2D eigenvalue weighted by molar-refractivity contribution is -0.0255. The lowest BCUT2D eigenvalue weighted by atomic mass is 10.0. The first-order chi connectivity index (χ1) is 7.56. The maximum atomic E-state index is 13.7. The van der Waals surface area contributed by atoms with Crippen LogP contribution < -0.4 is 0 Å². The maximum absolute atomic E-state index is 13.7. The SMILES string of the molecule is Cn1ccc2c(C(F)(F)CCO)cccc21. The van der Waals surface area contributed by atoms with Gasteiger partial charge in [-0.05, 0) is 12.1 Å². The van der Waals surface area contributed by atoms with Crippen molar-refractivity contribution >= 4 is 10.9 Å². The Kier molecular flexibility index (Phi) is 2.68. The number of alkyl halides is 2. The van der Waals surface area contributed by atoms with Crippen LogP contribution in [-0.4, -0.2) is 16.3 Å². The molecule has 1 aromatic carbocycles. The quantitative estimate of drug-likeness (QED) is 0.853. The van der Waals surface area contributed by atoms with E-state index >= 15 is 0 Å². The zero-order valence-electron chi connectivity index (χ0n) is 8.95. The van der Waals surface area contributed by atoms with Gasteiger partial charge in [-0.3, -0.25) is 0 Å². The third-order valence-corrected chi connectivity index (χ3v) is 2.75. The molecule has 2 rings (SSSR count). The predicted molar refractivity (Wildman–Crippen MR) is 58.5 cm³/mol. The summed E-state index contributed by atoms with van der Waals surface area (Å²) in [6, 6.07) is 6.50. The van der Waals surface area contributed by atoms with Crippen LogP contribution in [0.25, 0.3) is 10.9 Å². The molecule has 1 heterocycles. The van der Waals surface area contributed by atoms with Crippen LogP contribution in [0.2, 0.25) is 0 Å². The van der Waals surface area contributed by atoms with Crippen LogP contribution in [0.5, 0.6) is 0 Å². The van der Waals surface area contributed by atoms with E-state index in [0.29, 0.717) is 5.39 Å². The number of benzene rings is 1. The summed E-state index contributed by atoms with van der Waals surface area (Å²) in [5.74, 6) is -2.98.